The van der Waals surface area contributed by atoms with Crippen LogP contribution >= 0.6 is 0 Å². The van der Waals surface area contributed by atoms with E-state index in [1.807, 2.05) is 13.8 Å². The molecule has 1 aromatic heterocycles. The molecule has 0 aliphatic rings. The lowest BCUT2D eigenvalue weighted by Gasteiger charge is -2.19. The third-order valence-electron chi connectivity index (χ3n) is 5.83. The number of carbonyl (C=O) groups is 2. The van der Waals surface area contributed by atoms with Crippen molar-refractivity contribution in [3.05, 3.63) is 63.0 Å². The van der Waals surface area contributed by atoms with Crippen molar-refractivity contribution in [3.63, 3.8) is 0 Å². The summed E-state index contributed by atoms with van der Waals surface area (Å²) in [4.78, 5) is 35.7. The van der Waals surface area contributed by atoms with E-state index in [-0.39, 0.29) is 30.0 Å². The van der Waals surface area contributed by atoms with Gasteiger partial charge in [0.15, 0.2) is 11.2 Å². The molecule has 9 heteroatoms. The van der Waals surface area contributed by atoms with Crippen LogP contribution in [0.5, 0.6) is 17.2 Å². The Bertz CT molecular complexity index is 1340. The maximum Gasteiger partial charge on any atom is 0.371 e. The van der Waals surface area contributed by atoms with Crippen LogP contribution in [0, 0.1) is 0 Å². The van der Waals surface area contributed by atoms with E-state index in [1.54, 1.807) is 18.2 Å². The zero-order valence-electron chi connectivity index (χ0n) is 21.5. The molecule has 2 N–H and O–H groups in total. The summed E-state index contributed by atoms with van der Waals surface area (Å²) in [5, 5.41) is 20.1. The molecule has 0 saturated heterocycles. The molecule has 0 fully saturated rings. The Kier molecular flexibility index (Phi) is 9.30. The van der Waals surface area contributed by atoms with Gasteiger partial charge in [-0.1, -0.05) is 26.7 Å². The predicted molar refractivity (Wildman–Crippen MR) is 137 cm³/mol. The molecule has 198 valence electrons. The average Bonchev–Trinajstić information content (AvgIpc) is 2.87. The van der Waals surface area contributed by atoms with Gasteiger partial charge in [0.2, 0.25) is 5.76 Å². The third kappa shape index (κ3) is 6.29. The minimum Gasteiger partial charge on any atom is -0.496 e. The van der Waals surface area contributed by atoms with Crippen LogP contribution in [-0.4, -0.2) is 48.4 Å². The number of hydrogen-bond donors (Lipinski definition) is 2. The number of aliphatic hydroxyl groups excluding tert-OH is 1. The first-order valence-corrected chi connectivity index (χ1v) is 12.2. The van der Waals surface area contributed by atoms with Gasteiger partial charge in [0, 0.05) is 17.2 Å². The summed E-state index contributed by atoms with van der Waals surface area (Å²) in [6.45, 7) is 5.22. The molecule has 2 aromatic carbocycles. The minimum absolute atomic E-state index is 0.0752. The lowest BCUT2D eigenvalue weighted by atomic mass is 10.0. The normalized spacial score (nSPS) is 11.8. The Morgan fingerprint density at radius 1 is 0.973 bits per heavy atom. The molecule has 0 spiro atoms. The molecule has 3 aromatic rings. The van der Waals surface area contributed by atoms with Gasteiger partial charge in [-0.05, 0) is 44.0 Å². The number of methoxy groups -OCH3 is 1. The number of fused-ring (bicyclic) bond motifs is 1. The molecule has 0 bridgehead atoms. The van der Waals surface area contributed by atoms with Crippen molar-refractivity contribution < 1.29 is 38.4 Å². The molecule has 0 aliphatic heterocycles. The molecular formula is C28H32O9. The van der Waals surface area contributed by atoms with E-state index in [2.05, 4.69) is 0 Å². The largest absolute Gasteiger partial charge is 0.496 e. The number of ether oxygens (including phenoxy) is 3. The molecule has 0 radical (unpaired) electrons. The van der Waals surface area contributed by atoms with Gasteiger partial charge in [-0.25, -0.2) is 4.79 Å². The molecule has 1 unspecified atom stereocenters. The standard InChI is InChI=1S/C28H32O9/c1-5-7-20-23(11-9-18(16(3)29)26(20)34-4)35-14-17(30)15-36-24-12-10-19-22(31)13-25(28(32)33)37-27(19)21(24)8-6-2/h9-13,17,30H,5-8,14-15H2,1-4H3,(H,32,33). The Balaban J connectivity index is 1.79. The Labute approximate surface area is 214 Å². The summed E-state index contributed by atoms with van der Waals surface area (Å²) < 4.78 is 22.7. The Hall–Kier alpha value is -3.85. The molecule has 9 nitrogen and oxygen atoms in total. The van der Waals surface area contributed by atoms with E-state index in [0.717, 1.165) is 18.1 Å². The summed E-state index contributed by atoms with van der Waals surface area (Å²) in [6.07, 6.45) is 1.61. The van der Waals surface area contributed by atoms with Crippen molar-refractivity contribution in [3.8, 4) is 17.2 Å². The van der Waals surface area contributed by atoms with Crippen molar-refractivity contribution >= 4 is 22.7 Å². The molecular weight excluding hydrogens is 480 g/mol. The zero-order valence-corrected chi connectivity index (χ0v) is 21.5. The molecule has 37 heavy (non-hydrogen) atoms. The van der Waals surface area contributed by atoms with Crippen molar-refractivity contribution in [2.45, 2.75) is 52.6 Å². The lowest BCUT2D eigenvalue weighted by Crippen LogP contribution is -2.25. The number of ketones is 1. The van der Waals surface area contributed by atoms with Crippen molar-refractivity contribution in [2.75, 3.05) is 20.3 Å². The quantitative estimate of drug-likeness (QED) is 0.319. The Morgan fingerprint density at radius 2 is 1.57 bits per heavy atom. The topological polar surface area (TPSA) is 132 Å². The van der Waals surface area contributed by atoms with E-state index in [1.165, 1.54) is 20.1 Å². The summed E-state index contributed by atoms with van der Waals surface area (Å²) in [7, 11) is 1.51. The molecule has 0 amide bonds. The van der Waals surface area contributed by atoms with Crippen LogP contribution in [0.15, 0.2) is 39.5 Å². The van der Waals surface area contributed by atoms with Crippen LogP contribution < -0.4 is 19.6 Å². The summed E-state index contributed by atoms with van der Waals surface area (Å²) in [6, 6.07) is 7.42. The average molecular weight is 513 g/mol. The van der Waals surface area contributed by atoms with Gasteiger partial charge in [-0.3, -0.25) is 9.59 Å². The van der Waals surface area contributed by atoms with Crippen molar-refractivity contribution in [1.29, 1.82) is 0 Å². The van der Waals surface area contributed by atoms with Gasteiger partial charge in [0.25, 0.3) is 0 Å². The summed E-state index contributed by atoms with van der Waals surface area (Å²) in [5.41, 5.74) is 1.50. The number of aliphatic hydroxyl groups is 1. The van der Waals surface area contributed by atoms with Crippen LogP contribution in [0.4, 0.5) is 0 Å². The molecule has 3 rings (SSSR count). The van der Waals surface area contributed by atoms with Crippen LogP contribution in [-0.2, 0) is 12.8 Å². The van der Waals surface area contributed by atoms with Crippen LogP contribution in [0.1, 0.15) is 65.7 Å². The first-order chi connectivity index (χ1) is 17.7. The number of carbonyl (C=O) groups excluding carboxylic acids is 1. The van der Waals surface area contributed by atoms with Gasteiger partial charge in [-0.2, -0.15) is 0 Å². The van der Waals surface area contributed by atoms with E-state index in [0.29, 0.717) is 47.6 Å². The van der Waals surface area contributed by atoms with Crippen LogP contribution in [0.3, 0.4) is 0 Å². The van der Waals surface area contributed by atoms with Gasteiger partial charge in [0.1, 0.15) is 42.1 Å². The molecule has 0 saturated carbocycles. The first-order valence-electron chi connectivity index (χ1n) is 12.2. The fourth-order valence-electron chi connectivity index (χ4n) is 4.15. The van der Waals surface area contributed by atoms with E-state index in [9.17, 15) is 24.6 Å². The zero-order chi connectivity index (χ0) is 27.1. The number of hydrogen-bond acceptors (Lipinski definition) is 8. The van der Waals surface area contributed by atoms with E-state index < -0.39 is 23.3 Å². The molecule has 1 atom stereocenters. The highest BCUT2D eigenvalue weighted by Gasteiger charge is 2.20. The number of aromatic carboxylic acids is 1. The Morgan fingerprint density at radius 3 is 2.14 bits per heavy atom. The number of benzene rings is 2. The van der Waals surface area contributed by atoms with Crippen molar-refractivity contribution in [2.24, 2.45) is 0 Å². The smallest absolute Gasteiger partial charge is 0.371 e. The summed E-state index contributed by atoms with van der Waals surface area (Å²) >= 11 is 0. The van der Waals surface area contributed by atoms with Gasteiger partial charge < -0.3 is 28.8 Å². The van der Waals surface area contributed by atoms with E-state index in [4.69, 9.17) is 18.6 Å². The third-order valence-corrected chi connectivity index (χ3v) is 5.83. The number of carboxylic acids is 1. The fourth-order valence-corrected chi connectivity index (χ4v) is 4.15. The number of rotatable bonds is 13. The van der Waals surface area contributed by atoms with Gasteiger partial charge in [-0.15, -0.1) is 0 Å². The maximum absolute atomic E-state index is 12.4. The highest BCUT2D eigenvalue weighted by Crippen LogP contribution is 2.34. The number of aryl methyl sites for hydroxylation is 1. The van der Waals surface area contributed by atoms with Gasteiger partial charge >= 0.3 is 5.97 Å². The van der Waals surface area contributed by atoms with Crippen molar-refractivity contribution in [1.82, 2.24) is 0 Å². The number of carboxylic acid groups (broad SMARTS) is 1. The highest BCUT2D eigenvalue weighted by molar-refractivity contribution is 5.97. The number of Topliss-reactive ketones (excluding diaryl/α,β-unsaturated/α-hetero) is 1. The van der Waals surface area contributed by atoms with E-state index >= 15 is 0 Å². The second-order valence-corrected chi connectivity index (χ2v) is 8.65. The predicted octanol–water partition coefficient (Wildman–Crippen LogP) is 4.43. The second-order valence-electron chi connectivity index (χ2n) is 8.65. The molecule has 1 heterocycles. The highest BCUT2D eigenvalue weighted by atomic mass is 16.5. The SMILES string of the molecule is CCCc1c(OCC(O)COc2ccc3c(=O)cc(C(=O)O)oc3c2CCC)ccc(C(C)=O)c1OC. The first kappa shape index (κ1) is 27.7. The second kappa shape index (κ2) is 12.4. The summed E-state index contributed by atoms with van der Waals surface area (Å²) in [5.74, 6) is -0.523. The van der Waals surface area contributed by atoms with Crippen LogP contribution in [0.25, 0.3) is 11.0 Å². The molecule has 0 aliphatic carbocycles. The monoisotopic (exact) mass is 512 g/mol. The van der Waals surface area contributed by atoms with Gasteiger partial charge in [0.05, 0.1) is 18.1 Å². The maximum atomic E-state index is 12.4. The minimum atomic E-state index is -1.34. The lowest BCUT2D eigenvalue weighted by molar-refractivity contribution is 0.0618. The fraction of sp³-hybridized carbons (Fsp3) is 0.393. The van der Waals surface area contributed by atoms with Crippen LogP contribution in [0.2, 0.25) is 0 Å².